The number of carbonyl (C=O) groups is 1. The van der Waals surface area contributed by atoms with Crippen LogP contribution in [0.2, 0.25) is 5.02 Å². The molecule has 1 amide bonds. The number of halogens is 4. The highest BCUT2D eigenvalue weighted by Gasteiger charge is 2.42. The van der Waals surface area contributed by atoms with Crippen LogP contribution in [0.4, 0.5) is 13.2 Å². The van der Waals surface area contributed by atoms with Crippen molar-refractivity contribution in [2.75, 3.05) is 6.54 Å². The van der Waals surface area contributed by atoms with Gasteiger partial charge in [-0.15, -0.1) is 0 Å². The molecule has 1 heterocycles. The molecular weight excluding hydrogens is 333 g/mol. The maximum absolute atomic E-state index is 13.9. The number of nitrogens with zero attached hydrogens (tertiary/aromatic N) is 1. The average Bonchev–Trinajstić information content (AvgIpc) is 2.55. The van der Waals surface area contributed by atoms with E-state index >= 15 is 0 Å². The summed E-state index contributed by atoms with van der Waals surface area (Å²) in [5, 5.41) is 11.6. The summed E-state index contributed by atoms with van der Waals surface area (Å²) >= 11 is 5.51. The van der Waals surface area contributed by atoms with Crippen LogP contribution in [-0.4, -0.2) is 22.5 Å². The van der Waals surface area contributed by atoms with Gasteiger partial charge in [-0.05, 0) is 29.8 Å². The summed E-state index contributed by atoms with van der Waals surface area (Å²) in [4.78, 5) is 15.1. The molecular formula is C15H12ClF3N2O2. The first-order chi connectivity index (χ1) is 10.8. The summed E-state index contributed by atoms with van der Waals surface area (Å²) in [5.74, 6) is -6.20. The van der Waals surface area contributed by atoms with E-state index in [1.54, 1.807) is 0 Å². The maximum Gasteiger partial charge on any atom is 0.366 e. The molecule has 0 aliphatic rings. The van der Waals surface area contributed by atoms with E-state index in [1.165, 1.54) is 24.3 Å². The lowest BCUT2D eigenvalue weighted by molar-refractivity contribution is -0.148. The van der Waals surface area contributed by atoms with Crippen LogP contribution in [0.1, 0.15) is 17.4 Å². The van der Waals surface area contributed by atoms with E-state index < -0.39 is 36.0 Å². The van der Waals surface area contributed by atoms with Crippen molar-refractivity contribution >= 4 is 17.5 Å². The summed E-state index contributed by atoms with van der Waals surface area (Å²) in [6.07, 6.45) is -0.216. The van der Waals surface area contributed by atoms with Gasteiger partial charge in [-0.2, -0.15) is 8.78 Å². The van der Waals surface area contributed by atoms with Gasteiger partial charge in [-0.1, -0.05) is 23.7 Å². The molecule has 0 radical (unpaired) electrons. The topological polar surface area (TPSA) is 62.2 Å². The molecule has 0 saturated heterocycles. The molecule has 0 aliphatic carbocycles. The Balaban J connectivity index is 2.02. The summed E-state index contributed by atoms with van der Waals surface area (Å²) in [5.41, 5.74) is -0.599. The Kier molecular flexibility index (Phi) is 5.23. The minimum Gasteiger partial charge on any atom is -0.387 e. The van der Waals surface area contributed by atoms with E-state index in [0.29, 0.717) is 0 Å². The van der Waals surface area contributed by atoms with Gasteiger partial charge in [0.05, 0.1) is 11.1 Å². The van der Waals surface area contributed by atoms with E-state index in [9.17, 15) is 23.1 Å². The molecule has 1 aromatic heterocycles. The number of hydrogen-bond acceptors (Lipinski definition) is 3. The number of aliphatic hydroxyl groups excluding tert-OH is 1. The fraction of sp³-hybridized carbons (Fsp3) is 0.200. The van der Waals surface area contributed by atoms with E-state index in [-0.39, 0.29) is 10.6 Å². The molecule has 0 saturated carbocycles. The number of amides is 1. The molecule has 0 spiro atoms. The number of rotatable bonds is 5. The number of hydrogen-bond donors (Lipinski definition) is 2. The van der Waals surface area contributed by atoms with Crippen LogP contribution in [-0.2, 0) is 10.7 Å². The van der Waals surface area contributed by atoms with E-state index in [2.05, 4.69) is 4.98 Å². The van der Waals surface area contributed by atoms with E-state index in [4.69, 9.17) is 11.6 Å². The zero-order valence-corrected chi connectivity index (χ0v) is 12.4. The van der Waals surface area contributed by atoms with Gasteiger partial charge in [-0.25, -0.2) is 4.39 Å². The summed E-state index contributed by atoms with van der Waals surface area (Å²) < 4.78 is 41.1. The lowest BCUT2D eigenvalue weighted by atomic mass is 10.1. The highest BCUT2D eigenvalue weighted by atomic mass is 35.5. The number of benzene rings is 1. The van der Waals surface area contributed by atoms with Crippen LogP contribution in [0.5, 0.6) is 0 Å². The van der Waals surface area contributed by atoms with Crippen molar-refractivity contribution in [3.8, 4) is 0 Å². The fourth-order valence-corrected chi connectivity index (χ4v) is 1.92. The van der Waals surface area contributed by atoms with Crippen molar-refractivity contribution in [3.63, 3.8) is 0 Å². The minimum absolute atomic E-state index is 0.105. The quantitative estimate of drug-likeness (QED) is 0.876. The van der Waals surface area contributed by atoms with Crippen molar-refractivity contribution in [3.05, 3.63) is 64.7 Å². The van der Waals surface area contributed by atoms with Crippen molar-refractivity contribution in [2.24, 2.45) is 0 Å². The van der Waals surface area contributed by atoms with E-state index in [1.807, 2.05) is 5.32 Å². The van der Waals surface area contributed by atoms with Gasteiger partial charge < -0.3 is 10.4 Å². The Morgan fingerprint density at radius 2 is 2.09 bits per heavy atom. The molecule has 0 fully saturated rings. The predicted octanol–water partition coefficient (Wildman–Crippen LogP) is 2.82. The van der Waals surface area contributed by atoms with Crippen molar-refractivity contribution in [1.29, 1.82) is 0 Å². The Labute approximate surface area is 134 Å². The fourth-order valence-electron chi connectivity index (χ4n) is 1.80. The predicted molar refractivity (Wildman–Crippen MR) is 77.5 cm³/mol. The van der Waals surface area contributed by atoms with E-state index in [0.717, 1.165) is 18.3 Å². The normalized spacial score (nSPS) is 12.7. The van der Waals surface area contributed by atoms with Gasteiger partial charge in [0.2, 0.25) is 0 Å². The molecule has 1 atom stereocenters. The lowest BCUT2D eigenvalue weighted by Crippen LogP contribution is -2.40. The Morgan fingerprint density at radius 1 is 1.35 bits per heavy atom. The Bertz CT molecular complexity index is 698. The first-order valence-electron chi connectivity index (χ1n) is 6.53. The number of alkyl halides is 2. The molecule has 0 bridgehead atoms. The second kappa shape index (κ2) is 6.97. The van der Waals surface area contributed by atoms with Gasteiger partial charge in [0, 0.05) is 12.7 Å². The van der Waals surface area contributed by atoms with Crippen LogP contribution in [0.15, 0.2) is 42.6 Å². The first-order valence-corrected chi connectivity index (χ1v) is 6.91. The molecule has 1 aromatic carbocycles. The van der Waals surface area contributed by atoms with Crippen molar-refractivity contribution in [1.82, 2.24) is 10.3 Å². The monoisotopic (exact) mass is 344 g/mol. The van der Waals surface area contributed by atoms with Crippen LogP contribution >= 0.6 is 11.6 Å². The molecule has 4 nitrogen and oxygen atoms in total. The maximum atomic E-state index is 13.9. The van der Waals surface area contributed by atoms with Crippen LogP contribution in [0.3, 0.4) is 0 Å². The SMILES string of the molecule is O=C(NCC(O)c1ccc(Cl)c(F)c1)C(F)(F)c1ccccn1. The third kappa shape index (κ3) is 4.00. The molecule has 1 unspecified atom stereocenters. The highest BCUT2D eigenvalue weighted by molar-refractivity contribution is 6.30. The number of carbonyl (C=O) groups excluding carboxylic acids is 1. The largest absolute Gasteiger partial charge is 0.387 e. The Hall–Kier alpha value is -2.12. The molecule has 2 N–H and O–H groups in total. The number of nitrogens with one attached hydrogen (secondary N) is 1. The molecule has 2 aromatic rings. The molecule has 23 heavy (non-hydrogen) atoms. The van der Waals surface area contributed by atoms with Gasteiger partial charge >= 0.3 is 5.92 Å². The molecule has 8 heteroatoms. The van der Waals surface area contributed by atoms with Crippen molar-refractivity contribution < 1.29 is 23.1 Å². The smallest absolute Gasteiger partial charge is 0.366 e. The van der Waals surface area contributed by atoms with Gasteiger partial charge in [-0.3, -0.25) is 9.78 Å². The zero-order valence-electron chi connectivity index (χ0n) is 11.6. The highest BCUT2D eigenvalue weighted by Crippen LogP contribution is 2.26. The average molecular weight is 345 g/mol. The lowest BCUT2D eigenvalue weighted by Gasteiger charge is -2.17. The van der Waals surface area contributed by atoms with Gasteiger partial charge in [0.15, 0.2) is 0 Å². The Morgan fingerprint density at radius 3 is 2.70 bits per heavy atom. The second-order valence-corrected chi connectivity index (χ2v) is 5.10. The number of aromatic nitrogens is 1. The van der Waals surface area contributed by atoms with Gasteiger partial charge in [0.25, 0.3) is 5.91 Å². The summed E-state index contributed by atoms with van der Waals surface area (Å²) in [6.45, 7) is -0.512. The summed E-state index contributed by atoms with van der Waals surface area (Å²) in [6, 6.07) is 7.31. The second-order valence-electron chi connectivity index (χ2n) is 4.69. The third-order valence-electron chi connectivity index (χ3n) is 3.06. The number of pyridine rings is 1. The zero-order chi connectivity index (χ0) is 17.0. The standard InChI is InChI=1S/C15H12ClF3N2O2/c16-10-5-4-9(7-11(10)17)12(22)8-21-14(23)15(18,19)13-3-1-2-6-20-13/h1-7,12,22H,8H2,(H,21,23). The van der Waals surface area contributed by atoms with Crippen LogP contribution < -0.4 is 5.32 Å². The number of aliphatic hydroxyl groups is 1. The minimum atomic E-state index is -3.84. The molecule has 2 rings (SSSR count). The molecule has 0 aliphatic heterocycles. The van der Waals surface area contributed by atoms with Crippen molar-refractivity contribution in [2.45, 2.75) is 12.0 Å². The molecule has 122 valence electrons. The first kappa shape index (κ1) is 17.2. The third-order valence-corrected chi connectivity index (χ3v) is 3.36. The summed E-state index contributed by atoms with van der Waals surface area (Å²) in [7, 11) is 0. The van der Waals surface area contributed by atoms with Crippen LogP contribution in [0, 0.1) is 5.82 Å². The van der Waals surface area contributed by atoms with Crippen LogP contribution in [0.25, 0.3) is 0 Å². The van der Waals surface area contributed by atoms with Gasteiger partial charge in [0.1, 0.15) is 11.5 Å².